The SMILES string of the molecule is CBc1cccc2c1CCC(N)(CN)C2. The molecule has 0 fully saturated rings. The van der Waals surface area contributed by atoms with Crippen molar-refractivity contribution in [3.63, 3.8) is 0 Å². The number of nitrogens with two attached hydrogens (primary N) is 2. The highest BCUT2D eigenvalue weighted by Gasteiger charge is 2.29. The van der Waals surface area contributed by atoms with Crippen LogP contribution in [-0.2, 0) is 12.8 Å². The molecule has 2 nitrogen and oxygen atoms in total. The number of hydrogen-bond acceptors (Lipinski definition) is 2. The summed E-state index contributed by atoms with van der Waals surface area (Å²) >= 11 is 0. The molecule has 1 unspecified atom stereocenters. The van der Waals surface area contributed by atoms with Crippen LogP contribution in [0.1, 0.15) is 17.5 Å². The fraction of sp³-hybridized carbons (Fsp3) is 0.500. The average Bonchev–Trinajstić information content (AvgIpc) is 2.28. The molecule has 0 heterocycles. The van der Waals surface area contributed by atoms with Crippen molar-refractivity contribution in [1.82, 2.24) is 0 Å². The Morgan fingerprint density at radius 2 is 2.27 bits per heavy atom. The fourth-order valence-electron chi connectivity index (χ4n) is 2.52. The van der Waals surface area contributed by atoms with E-state index in [4.69, 9.17) is 11.5 Å². The lowest BCUT2D eigenvalue weighted by Gasteiger charge is -2.34. The lowest BCUT2D eigenvalue weighted by atomic mass is 9.66. The van der Waals surface area contributed by atoms with Crippen LogP contribution in [0, 0.1) is 0 Å². The summed E-state index contributed by atoms with van der Waals surface area (Å²) in [7, 11) is 1.11. The molecule has 1 aliphatic rings. The molecule has 4 N–H and O–H groups in total. The minimum absolute atomic E-state index is 0.167. The second-order valence-electron chi connectivity index (χ2n) is 4.65. The van der Waals surface area contributed by atoms with Gasteiger partial charge in [0.2, 0.25) is 0 Å². The van der Waals surface area contributed by atoms with E-state index in [1.54, 1.807) is 0 Å². The Hall–Kier alpha value is -0.795. The van der Waals surface area contributed by atoms with Crippen molar-refractivity contribution in [2.45, 2.75) is 31.6 Å². The van der Waals surface area contributed by atoms with Crippen molar-refractivity contribution < 1.29 is 0 Å². The van der Waals surface area contributed by atoms with E-state index in [0.29, 0.717) is 6.54 Å². The molecule has 3 heteroatoms. The van der Waals surface area contributed by atoms with Crippen molar-refractivity contribution in [2.75, 3.05) is 6.54 Å². The summed E-state index contributed by atoms with van der Waals surface area (Å²) in [5.74, 6) is 0. The van der Waals surface area contributed by atoms with E-state index in [9.17, 15) is 0 Å². The smallest absolute Gasteiger partial charge is 0.154 e. The third-order valence-corrected chi connectivity index (χ3v) is 3.57. The van der Waals surface area contributed by atoms with Crippen molar-refractivity contribution in [3.8, 4) is 0 Å². The van der Waals surface area contributed by atoms with Crippen LogP contribution < -0.4 is 16.9 Å². The monoisotopic (exact) mass is 202 g/mol. The maximum Gasteiger partial charge on any atom is 0.154 e. The molecule has 0 bridgehead atoms. The van der Waals surface area contributed by atoms with Crippen LogP contribution >= 0.6 is 0 Å². The lowest BCUT2D eigenvalue weighted by molar-refractivity contribution is 0.382. The minimum atomic E-state index is -0.167. The van der Waals surface area contributed by atoms with E-state index in [1.165, 1.54) is 16.6 Å². The van der Waals surface area contributed by atoms with Gasteiger partial charge in [-0.1, -0.05) is 36.0 Å². The van der Waals surface area contributed by atoms with Gasteiger partial charge in [-0.3, -0.25) is 0 Å². The van der Waals surface area contributed by atoms with Crippen LogP contribution in [0.3, 0.4) is 0 Å². The molecule has 1 atom stereocenters. The van der Waals surface area contributed by atoms with Crippen LogP contribution in [-0.4, -0.2) is 19.4 Å². The van der Waals surface area contributed by atoms with E-state index >= 15 is 0 Å². The van der Waals surface area contributed by atoms with Crippen LogP contribution in [0.4, 0.5) is 0 Å². The van der Waals surface area contributed by atoms with Crippen LogP contribution in [0.5, 0.6) is 0 Å². The first-order chi connectivity index (χ1) is 7.18. The molecule has 15 heavy (non-hydrogen) atoms. The number of benzene rings is 1. The first-order valence-corrected chi connectivity index (χ1v) is 5.77. The Kier molecular flexibility index (Phi) is 2.85. The van der Waals surface area contributed by atoms with Crippen LogP contribution in [0.15, 0.2) is 18.2 Å². The minimum Gasteiger partial charge on any atom is -0.329 e. The molecule has 1 aromatic rings. The Labute approximate surface area is 92.3 Å². The molecule has 80 valence electrons. The molecule has 2 rings (SSSR count). The zero-order chi connectivity index (χ0) is 10.9. The first kappa shape index (κ1) is 10.7. The average molecular weight is 202 g/mol. The van der Waals surface area contributed by atoms with Gasteiger partial charge in [0, 0.05) is 12.1 Å². The van der Waals surface area contributed by atoms with Gasteiger partial charge >= 0.3 is 0 Å². The summed E-state index contributed by atoms with van der Waals surface area (Å²) in [4.78, 5) is 0. The Balaban J connectivity index is 2.35. The Bertz CT molecular complexity index is 365. The number of hydrogen-bond donors (Lipinski definition) is 2. The highest BCUT2D eigenvalue weighted by molar-refractivity contribution is 6.52. The topological polar surface area (TPSA) is 52.0 Å². The van der Waals surface area contributed by atoms with Crippen molar-refractivity contribution in [1.29, 1.82) is 0 Å². The third kappa shape index (κ3) is 1.94. The molecule has 0 amide bonds. The van der Waals surface area contributed by atoms with E-state index in [1.807, 2.05) is 0 Å². The lowest BCUT2D eigenvalue weighted by Crippen LogP contribution is -2.51. The summed E-state index contributed by atoms with van der Waals surface area (Å²) < 4.78 is 0. The van der Waals surface area contributed by atoms with E-state index < -0.39 is 0 Å². The molecule has 0 saturated carbocycles. The van der Waals surface area contributed by atoms with E-state index in [0.717, 1.165) is 26.5 Å². The van der Waals surface area contributed by atoms with Gasteiger partial charge in [0.1, 0.15) is 0 Å². The van der Waals surface area contributed by atoms with Crippen molar-refractivity contribution in [3.05, 3.63) is 29.3 Å². The molecule has 1 aliphatic carbocycles. The summed E-state index contributed by atoms with van der Waals surface area (Å²) in [5.41, 5.74) is 16.2. The van der Waals surface area contributed by atoms with Crippen molar-refractivity contribution in [2.24, 2.45) is 11.5 Å². The number of rotatable bonds is 2. The van der Waals surface area contributed by atoms with E-state index in [-0.39, 0.29) is 5.54 Å². The van der Waals surface area contributed by atoms with Gasteiger partial charge in [-0.05, 0) is 24.8 Å². The Morgan fingerprint density at radius 1 is 1.47 bits per heavy atom. The zero-order valence-electron chi connectivity index (χ0n) is 9.42. The van der Waals surface area contributed by atoms with Gasteiger partial charge in [-0.15, -0.1) is 0 Å². The van der Waals surface area contributed by atoms with Gasteiger partial charge < -0.3 is 11.5 Å². The maximum atomic E-state index is 6.24. The standard InChI is InChI=1S/C12H19BN2/c1-13-11-4-2-3-9-7-12(15,8-14)6-5-10(9)11/h2-4,13H,5-8,14-15H2,1H3. The highest BCUT2D eigenvalue weighted by Crippen LogP contribution is 2.25. The molecule has 0 radical (unpaired) electrons. The molecule has 0 saturated heterocycles. The maximum absolute atomic E-state index is 6.24. The van der Waals surface area contributed by atoms with Crippen LogP contribution in [0.2, 0.25) is 6.82 Å². The summed E-state index contributed by atoms with van der Waals surface area (Å²) in [5, 5.41) is 0. The summed E-state index contributed by atoms with van der Waals surface area (Å²) in [6.07, 6.45) is 3.05. The molecular formula is C12H19BN2. The zero-order valence-corrected chi connectivity index (χ0v) is 9.42. The fourth-order valence-corrected chi connectivity index (χ4v) is 2.52. The molecular weight excluding hydrogens is 183 g/mol. The largest absolute Gasteiger partial charge is 0.329 e. The summed E-state index contributed by atoms with van der Waals surface area (Å²) in [6.45, 7) is 2.80. The van der Waals surface area contributed by atoms with Gasteiger partial charge in [0.15, 0.2) is 7.28 Å². The van der Waals surface area contributed by atoms with Gasteiger partial charge in [0.25, 0.3) is 0 Å². The molecule has 0 aromatic heterocycles. The summed E-state index contributed by atoms with van der Waals surface area (Å²) in [6, 6.07) is 6.57. The van der Waals surface area contributed by atoms with Gasteiger partial charge in [-0.2, -0.15) is 0 Å². The first-order valence-electron chi connectivity index (χ1n) is 5.77. The Morgan fingerprint density at radius 3 is 2.93 bits per heavy atom. The second kappa shape index (κ2) is 3.99. The third-order valence-electron chi connectivity index (χ3n) is 3.57. The molecule has 0 spiro atoms. The van der Waals surface area contributed by atoms with E-state index in [2.05, 4.69) is 25.0 Å². The predicted octanol–water partition coefficient (Wildman–Crippen LogP) is -0.0586. The molecule has 1 aromatic carbocycles. The van der Waals surface area contributed by atoms with Crippen LogP contribution in [0.25, 0.3) is 0 Å². The predicted molar refractivity (Wildman–Crippen MR) is 67.1 cm³/mol. The van der Waals surface area contributed by atoms with Gasteiger partial charge in [-0.25, -0.2) is 0 Å². The molecule has 0 aliphatic heterocycles. The highest BCUT2D eigenvalue weighted by atomic mass is 14.8. The van der Waals surface area contributed by atoms with Crippen molar-refractivity contribution >= 4 is 12.7 Å². The van der Waals surface area contributed by atoms with Gasteiger partial charge in [0.05, 0.1) is 0 Å². The quantitative estimate of drug-likeness (QED) is 0.660. The number of fused-ring (bicyclic) bond motifs is 1. The second-order valence-corrected chi connectivity index (χ2v) is 4.65. The normalized spacial score (nSPS) is 24.7.